The molecule has 7 rings (SSSR count). The van der Waals surface area contributed by atoms with Crippen LogP contribution in [0.3, 0.4) is 0 Å². The number of nitrogens with one attached hydrogen (secondary N) is 2. The van der Waals surface area contributed by atoms with Gasteiger partial charge in [0.1, 0.15) is 17.3 Å². The predicted octanol–water partition coefficient (Wildman–Crippen LogP) is 4.99. The van der Waals surface area contributed by atoms with Crippen molar-refractivity contribution in [1.82, 2.24) is 34.5 Å². The lowest BCUT2D eigenvalue weighted by molar-refractivity contribution is -0.116. The highest BCUT2D eigenvalue weighted by molar-refractivity contribution is 6.31. The molecule has 0 aliphatic carbocycles. The Bertz CT molecular complexity index is 1930. The van der Waals surface area contributed by atoms with E-state index in [1.54, 1.807) is 41.1 Å². The van der Waals surface area contributed by atoms with Gasteiger partial charge in [0.05, 0.1) is 23.6 Å². The number of H-pyrrole nitrogens is 1. The van der Waals surface area contributed by atoms with Gasteiger partial charge in [-0.2, -0.15) is 4.39 Å². The normalized spacial score (nSPS) is 17.8. The van der Waals surface area contributed by atoms with Crippen molar-refractivity contribution in [3.63, 3.8) is 0 Å². The molecule has 206 valence electrons. The fourth-order valence-corrected chi connectivity index (χ4v) is 5.98. The number of amides is 1. The predicted molar refractivity (Wildman–Crippen MR) is 151 cm³/mol. The van der Waals surface area contributed by atoms with E-state index in [9.17, 15) is 9.59 Å². The van der Waals surface area contributed by atoms with Crippen LogP contribution in [-0.2, 0) is 17.6 Å². The Labute approximate surface area is 242 Å². The van der Waals surface area contributed by atoms with Crippen molar-refractivity contribution < 1.29 is 9.18 Å². The van der Waals surface area contributed by atoms with E-state index in [0.29, 0.717) is 58.4 Å². The maximum atomic E-state index is 15.2. The van der Waals surface area contributed by atoms with Gasteiger partial charge in [-0.3, -0.25) is 14.2 Å². The lowest BCUT2D eigenvalue weighted by atomic mass is 9.99. The van der Waals surface area contributed by atoms with Gasteiger partial charge in [-0.1, -0.05) is 41.4 Å². The molecule has 0 bridgehead atoms. The molecular weight excluding hydrogens is 570 g/mol. The Morgan fingerprint density at radius 3 is 2.71 bits per heavy atom. The highest BCUT2D eigenvalue weighted by atomic mass is 35.5. The second kappa shape index (κ2) is 9.64. The van der Waals surface area contributed by atoms with E-state index in [4.69, 9.17) is 28.2 Å². The number of anilines is 1. The molecule has 1 amide bonds. The van der Waals surface area contributed by atoms with Crippen LogP contribution < -0.4 is 10.9 Å². The van der Waals surface area contributed by atoms with Gasteiger partial charge in [0.15, 0.2) is 5.15 Å². The van der Waals surface area contributed by atoms with Gasteiger partial charge in [0.25, 0.3) is 5.56 Å². The summed E-state index contributed by atoms with van der Waals surface area (Å²) >= 11 is 12.3. The third-order valence-electron chi connectivity index (χ3n) is 7.54. The summed E-state index contributed by atoms with van der Waals surface area (Å²) in [4.78, 5) is 37.5. The number of nitrogens with zero attached hydrogens (tertiary/aromatic N) is 6. The van der Waals surface area contributed by atoms with E-state index in [-0.39, 0.29) is 28.2 Å². The van der Waals surface area contributed by atoms with Crippen LogP contribution in [0.4, 0.5) is 10.1 Å². The van der Waals surface area contributed by atoms with Gasteiger partial charge >= 0.3 is 0 Å². The second-order valence-corrected chi connectivity index (χ2v) is 11.1. The minimum Gasteiger partial charge on any atom is -0.338 e. The van der Waals surface area contributed by atoms with Crippen molar-refractivity contribution in [1.29, 1.82) is 0 Å². The number of carbonyl (C=O) groups is 1. The molecule has 0 spiro atoms. The van der Waals surface area contributed by atoms with Crippen LogP contribution >= 0.6 is 23.2 Å². The molecule has 3 aromatic heterocycles. The highest BCUT2D eigenvalue weighted by Crippen LogP contribution is 2.37. The number of fused-ring (bicyclic) bond motifs is 2. The topological polar surface area (TPSA) is 123 Å². The zero-order chi connectivity index (χ0) is 28.4. The van der Waals surface area contributed by atoms with Gasteiger partial charge in [0.2, 0.25) is 11.9 Å². The number of hydrogen-bond donors (Lipinski definition) is 2. The van der Waals surface area contributed by atoms with Gasteiger partial charge in [-0.15, -0.1) is 5.10 Å². The molecule has 0 fully saturated rings. The van der Waals surface area contributed by atoms with E-state index in [1.165, 1.54) is 10.7 Å². The van der Waals surface area contributed by atoms with Crippen LogP contribution in [0.1, 0.15) is 36.6 Å². The maximum Gasteiger partial charge on any atom is 0.254 e. The van der Waals surface area contributed by atoms with Crippen molar-refractivity contribution in [3.8, 4) is 28.2 Å². The summed E-state index contributed by atoms with van der Waals surface area (Å²) in [7, 11) is 0. The molecule has 2 aromatic carbocycles. The zero-order valence-corrected chi connectivity index (χ0v) is 23.0. The van der Waals surface area contributed by atoms with E-state index in [1.807, 2.05) is 13.0 Å². The molecule has 2 aliphatic heterocycles. The average Bonchev–Trinajstić information content (AvgIpc) is 3.64. The monoisotopic (exact) mass is 590 g/mol. The number of imidazole rings is 1. The Balaban J connectivity index is 1.27. The number of benzene rings is 2. The largest absolute Gasteiger partial charge is 0.338 e. The SMILES string of the molecule is C[C@H]1Cc2nc(-c3cc(Cl)ccc3-n3cc(Cl)nn3)cc(=O)n2[C@@H]1c1nc(F)c(-c2ccc3c(c2)CCC(=O)N3)[nH]1. The smallest absolute Gasteiger partial charge is 0.254 e. The number of rotatable bonds is 4. The average molecular weight is 591 g/mol. The zero-order valence-electron chi connectivity index (χ0n) is 21.5. The lowest BCUT2D eigenvalue weighted by Crippen LogP contribution is -2.26. The molecule has 10 nitrogen and oxygen atoms in total. The molecular formula is C28H21Cl2FN8O2. The summed E-state index contributed by atoms with van der Waals surface area (Å²) in [6, 6.07) is 11.4. The number of aryl methyl sites for hydroxylation is 1. The Kier molecular flexibility index (Phi) is 6.02. The number of aromatic nitrogens is 7. The molecule has 0 unspecified atom stereocenters. The van der Waals surface area contributed by atoms with Gasteiger partial charge in [-0.25, -0.2) is 14.6 Å². The first kappa shape index (κ1) is 25.6. The van der Waals surface area contributed by atoms with Crippen LogP contribution in [0.15, 0.2) is 53.5 Å². The summed E-state index contributed by atoms with van der Waals surface area (Å²) in [5.41, 5.74) is 3.82. The van der Waals surface area contributed by atoms with Crippen LogP contribution in [-0.4, -0.2) is 40.4 Å². The minimum absolute atomic E-state index is 0.0364. The van der Waals surface area contributed by atoms with Crippen molar-refractivity contribution in [2.75, 3.05) is 5.32 Å². The van der Waals surface area contributed by atoms with E-state index in [2.05, 4.69) is 25.6 Å². The third kappa shape index (κ3) is 4.41. The molecule has 13 heteroatoms. The first-order valence-electron chi connectivity index (χ1n) is 12.9. The maximum absolute atomic E-state index is 15.2. The molecule has 5 heterocycles. The van der Waals surface area contributed by atoms with E-state index in [0.717, 1.165) is 11.3 Å². The van der Waals surface area contributed by atoms with E-state index < -0.39 is 12.0 Å². The second-order valence-electron chi connectivity index (χ2n) is 10.2. The fraction of sp³-hybridized carbons (Fsp3) is 0.214. The molecule has 5 aromatic rings. The van der Waals surface area contributed by atoms with Crippen molar-refractivity contribution >= 4 is 34.8 Å². The minimum atomic E-state index is -0.659. The molecule has 2 N–H and O–H groups in total. The first-order valence-corrected chi connectivity index (χ1v) is 13.7. The number of hydrogen-bond acceptors (Lipinski definition) is 6. The van der Waals surface area contributed by atoms with E-state index >= 15 is 4.39 Å². The van der Waals surface area contributed by atoms with Gasteiger partial charge in [0, 0.05) is 40.7 Å². The number of carbonyl (C=O) groups excluding carboxylic acids is 1. The molecule has 0 radical (unpaired) electrons. The molecule has 0 saturated carbocycles. The van der Waals surface area contributed by atoms with Gasteiger partial charge < -0.3 is 10.3 Å². The van der Waals surface area contributed by atoms with Crippen LogP contribution in [0.2, 0.25) is 10.2 Å². The standard InChI is InChI=1S/C28H21Cl2FN8O2/c1-13-8-22-32-19(17-10-16(29)4-6-20(17)38-12-21(30)36-37-38)11-24(41)39(22)26(13)28-34-25(27(31)35-28)15-2-5-18-14(9-15)3-7-23(40)33-18/h2,4-6,9-13,26H,3,7-8H2,1H3,(H,33,40)(H,34,35)/t13-,26-/m0/s1. The van der Waals surface area contributed by atoms with Crippen molar-refractivity contribution in [2.24, 2.45) is 5.92 Å². The third-order valence-corrected chi connectivity index (χ3v) is 7.95. The summed E-state index contributed by atoms with van der Waals surface area (Å²) in [6.07, 6.45) is 2.99. The lowest BCUT2D eigenvalue weighted by Gasteiger charge is -2.17. The molecule has 2 aliphatic rings. The summed E-state index contributed by atoms with van der Waals surface area (Å²) in [6.45, 7) is 1.97. The van der Waals surface area contributed by atoms with Gasteiger partial charge in [-0.05, 0) is 48.2 Å². The van der Waals surface area contributed by atoms with Crippen molar-refractivity contribution in [3.05, 3.63) is 92.4 Å². The number of aromatic amines is 1. The summed E-state index contributed by atoms with van der Waals surface area (Å²) in [5, 5.41) is 11.4. The van der Waals surface area contributed by atoms with Crippen LogP contribution in [0.25, 0.3) is 28.2 Å². The first-order chi connectivity index (χ1) is 19.7. The Morgan fingerprint density at radius 2 is 1.90 bits per heavy atom. The van der Waals surface area contributed by atoms with Crippen LogP contribution in [0.5, 0.6) is 0 Å². The molecule has 2 atom stereocenters. The van der Waals surface area contributed by atoms with Crippen LogP contribution in [0, 0.1) is 11.9 Å². The molecule has 41 heavy (non-hydrogen) atoms. The number of halogens is 3. The van der Waals surface area contributed by atoms with Crippen molar-refractivity contribution in [2.45, 2.75) is 32.2 Å². The summed E-state index contributed by atoms with van der Waals surface area (Å²) < 4.78 is 18.3. The quantitative estimate of drug-likeness (QED) is 0.304. The Hall–Kier alpha value is -4.35. The highest BCUT2D eigenvalue weighted by Gasteiger charge is 2.36. The Morgan fingerprint density at radius 1 is 1.05 bits per heavy atom. The fourth-order valence-electron chi connectivity index (χ4n) is 5.68. The summed E-state index contributed by atoms with van der Waals surface area (Å²) in [5.74, 6) is 0.108. The molecule has 0 saturated heterocycles.